The molecule has 3 nitrogen and oxygen atoms in total. The highest BCUT2D eigenvalue weighted by Crippen LogP contribution is 2.09. The highest BCUT2D eigenvalue weighted by Gasteiger charge is 2.00. The van der Waals surface area contributed by atoms with Crippen molar-refractivity contribution in [3.05, 3.63) is 23.5 Å². The van der Waals surface area contributed by atoms with E-state index >= 15 is 0 Å². The molecule has 0 aliphatic heterocycles. The quantitative estimate of drug-likeness (QED) is 0.611. The first-order valence-corrected chi connectivity index (χ1v) is 4.45. The predicted octanol–water partition coefficient (Wildman–Crippen LogP) is 2.09. The number of anilines is 1. The van der Waals surface area contributed by atoms with Gasteiger partial charge in [-0.25, -0.2) is 4.98 Å². The van der Waals surface area contributed by atoms with Crippen LogP contribution in [0.25, 0.3) is 0 Å². The van der Waals surface area contributed by atoms with E-state index in [9.17, 15) is 4.79 Å². The Balaban J connectivity index is 2.49. The lowest BCUT2D eigenvalue weighted by atomic mass is 10.3. The Morgan fingerprint density at radius 3 is 3.00 bits per heavy atom. The molecule has 0 aliphatic carbocycles. The number of terminal acetylenes is 1. The molecule has 0 radical (unpaired) electrons. The van der Waals surface area contributed by atoms with Crippen molar-refractivity contribution in [1.29, 1.82) is 0 Å². The van der Waals surface area contributed by atoms with Gasteiger partial charge in [-0.1, -0.05) is 11.6 Å². The van der Waals surface area contributed by atoms with Gasteiger partial charge in [0.25, 0.3) is 0 Å². The summed E-state index contributed by atoms with van der Waals surface area (Å²) in [6, 6.07) is 3.29. The first-order chi connectivity index (χ1) is 6.72. The summed E-state index contributed by atoms with van der Waals surface area (Å²) in [5, 5.41) is 3.04. The van der Waals surface area contributed by atoms with Crippen LogP contribution in [0.2, 0.25) is 5.15 Å². The summed E-state index contributed by atoms with van der Waals surface area (Å²) in [7, 11) is 0. The first-order valence-electron chi connectivity index (χ1n) is 4.07. The zero-order valence-corrected chi connectivity index (χ0v) is 8.21. The van der Waals surface area contributed by atoms with Crippen LogP contribution in [0.3, 0.4) is 0 Å². The second kappa shape index (κ2) is 5.25. The van der Waals surface area contributed by atoms with E-state index in [0.717, 1.165) is 0 Å². The van der Waals surface area contributed by atoms with E-state index in [0.29, 0.717) is 23.7 Å². The molecule has 4 heteroatoms. The van der Waals surface area contributed by atoms with Crippen LogP contribution < -0.4 is 5.32 Å². The molecule has 14 heavy (non-hydrogen) atoms. The minimum Gasteiger partial charge on any atom is -0.325 e. The van der Waals surface area contributed by atoms with Crippen LogP contribution in [0.5, 0.6) is 0 Å². The SMILES string of the molecule is C#CCCC(=O)Nc1ccc(Cl)nc1. The third kappa shape index (κ3) is 3.46. The smallest absolute Gasteiger partial charge is 0.225 e. The van der Waals surface area contributed by atoms with Crippen molar-refractivity contribution < 1.29 is 4.79 Å². The molecule has 1 aromatic heterocycles. The van der Waals surface area contributed by atoms with Gasteiger partial charge in [0.2, 0.25) is 5.91 Å². The van der Waals surface area contributed by atoms with E-state index in [4.69, 9.17) is 18.0 Å². The molecule has 1 heterocycles. The molecule has 1 amide bonds. The van der Waals surface area contributed by atoms with E-state index in [2.05, 4.69) is 16.2 Å². The van der Waals surface area contributed by atoms with E-state index in [1.54, 1.807) is 12.1 Å². The predicted molar refractivity (Wildman–Crippen MR) is 55.9 cm³/mol. The monoisotopic (exact) mass is 208 g/mol. The minimum absolute atomic E-state index is 0.118. The Bertz CT molecular complexity index is 353. The van der Waals surface area contributed by atoms with Crippen LogP contribution >= 0.6 is 11.6 Å². The lowest BCUT2D eigenvalue weighted by Crippen LogP contribution is -2.10. The molecule has 72 valence electrons. The molecule has 0 bridgehead atoms. The van der Waals surface area contributed by atoms with Gasteiger partial charge < -0.3 is 5.32 Å². The maximum absolute atomic E-state index is 11.2. The van der Waals surface area contributed by atoms with Crippen LogP contribution in [0.4, 0.5) is 5.69 Å². The number of carbonyl (C=O) groups excluding carboxylic acids is 1. The summed E-state index contributed by atoms with van der Waals surface area (Å²) in [6.07, 6.45) is 7.28. The number of nitrogens with one attached hydrogen (secondary N) is 1. The molecule has 0 unspecified atom stereocenters. The van der Waals surface area contributed by atoms with E-state index in [1.807, 2.05) is 0 Å². The minimum atomic E-state index is -0.118. The van der Waals surface area contributed by atoms with Gasteiger partial charge in [0.1, 0.15) is 5.15 Å². The fourth-order valence-electron chi connectivity index (χ4n) is 0.859. The zero-order valence-electron chi connectivity index (χ0n) is 7.46. The molecule has 0 saturated heterocycles. The number of carbonyl (C=O) groups is 1. The number of nitrogens with zero attached hydrogens (tertiary/aromatic N) is 1. The van der Waals surface area contributed by atoms with Gasteiger partial charge in [0.05, 0.1) is 11.9 Å². The second-order valence-corrected chi connectivity index (χ2v) is 3.01. The molecule has 1 aromatic rings. The van der Waals surface area contributed by atoms with Crippen LogP contribution in [0, 0.1) is 12.3 Å². The highest BCUT2D eigenvalue weighted by atomic mass is 35.5. The molecule has 0 fully saturated rings. The number of halogens is 1. The Morgan fingerprint density at radius 1 is 1.64 bits per heavy atom. The summed E-state index contributed by atoms with van der Waals surface area (Å²) in [5.74, 6) is 2.28. The summed E-state index contributed by atoms with van der Waals surface area (Å²) in [5.41, 5.74) is 0.622. The van der Waals surface area contributed by atoms with Crippen molar-refractivity contribution in [2.45, 2.75) is 12.8 Å². The Morgan fingerprint density at radius 2 is 2.43 bits per heavy atom. The molecule has 0 aliphatic rings. The van der Waals surface area contributed by atoms with Gasteiger partial charge in [-0.3, -0.25) is 4.79 Å². The van der Waals surface area contributed by atoms with Gasteiger partial charge in [-0.2, -0.15) is 0 Å². The molecule has 1 rings (SSSR count). The maximum Gasteiger partial charge on any atom is 0.225 e. The van der Waals surface area contributed by atoms with E-state index < -0.39 is 0 Å². The number of aromatic nitrogens is 1. The summed E-state index contributed by atoms with van der Waals surface area (Å²) in [4.78, 5) is 15.0. The van der Waals surface area contributed by atoms with E-state index in [-0.39, 0.29) is 5.91 Å². The summed E-state index contributed by atoms with van der Waals surface area (Å²) in [6.45, 7) is 0. The second-order valence-electron chi connectivity index (χ2n) is 2.62. The fourth-order valence-corrected chi connectivity index (χ4v) is 0.971. The summed E-state index contributed by atoms with van der Waals surface area (Å²) >= 11 is 5.58. The molecular weight excluding hydrogens is 200 g/mol. The van der Waals surface area contributed by atoms with Gasteiger partial charge >= 0.3 is 0 Å². The average molecular weight is 209 g/mol. The molecule has 1 N–H and O–H groups in total. The maximum atomic E-state index is 11.2. The molecule has 0 aromatic carbocycles. The van der Waals surface area contributed by atoms with Crippen molar-refractivity contribution in [2.24, 2.45) is 0 Å². The molecule has 0 atom stereocenters. The largest absolute Gasteiger partial charge is 0.325 e. The Kier molecular flexibility index (Phi) is 3.96. The Labute approximate surface area is 87.5 Å². The highest BCUT2D eigenvalue weighted by molar-refractivity contribution is 6.29. The number of hydrogen-bond acceptors (Lipinski definition) is 2. The van der Waals surface area contributed by atoms with Crippen LogP contribution in [-0.2, 0) is 4.79 Å². The third-order valence-corrected chi connectivity index (χ3v) is 1.73. The van der Waals surface area contributed by atoms with Crippen molar-refractivity contribution in [1.82, 2.24) is 4.98 Å². The Hall–Kier alpha value is -1.53. The first kappa shape index (κ1) is 10.6. The molecule has 0 spiro atoms. The van der Waals surface area contributed by atoms with Crippen LogP contribution in [0.15, 0.2) is 18.3 Å². The van der Waals surface area contributed by atoms with Crippen LogP contribution in [0.1, 0.15) is 12.8 Å². The van der Waals surface area contributed by atoms with E-state index in [1.165, 1.54) is 6.20 Å². The lowest BCUT2D eigenvalue weighted by molar-refractivity contribution is -0.116. The number of hydrogen-bond donors (Lipinski definition) is 1. The topological polar surface area (TPSA) is 42.0 Å². The van der Waals surface area contributed by atoms with Gasteiger partial charge in [-0.15, -0.1) is 12.3 Å². The number of pyridine rings is 1. The lowest BCUT2D eigenvalue weighted by Gasteiger charge is -2.02. The van der Waals surface area contributed by atoms with Gasteiger partial charge in [0.15, 0.2) is 0 Å². The number of rotatable bonds is 3. The molecule has 0 saturated carbocycles. The molecular formula is C10H9ClN2O. The van der Waals surface area contributed by atoms with Gasteiger partial charge in [0, 0.05) is 12.8 Å². The normalized spacial score (nSPS) is 9.14. The number of amides is 1. The van der Waals surface area contributed by atoms with Crippen molar-refractivity contribution in [2.75, 3.05) is 5.32 Å². The third-order valence-electron chi connectivity index (χ3n) is 1.51. The van der Waals surface area contributed by atoms with Crippen molar-refractivity contribution >= 4 is 23.2 Å². The zero-order chi connectivity index (χ0) is 10.4. The summed E-state index contributed by atoms with van der Waals surface area (Å²) < 4.78 is 0. The van der Waals surface area contributed by atoms with Gasteiger partial charge in [-0.05, 0) is 12.1 Å². The van der Waals surface area contributed by atoms with Crippen molar-refractivity contribution in [3.8, 4) is 12.3 Å². The standard InChI is InChI=1S/C10H9ClN2O/c1-2-3-4-10(14)13-8-5-6-9(11)12-7-8/h1,5-7H,3-4H2,(H,13,14). The average Bonchev–Trinajstić information content (AvgIpc) is 2.18. The van der Waals surface area contributed by atoms with Crippen LogP contribution in [-0.4, -0.2) is 10.9 Å². The fraction of sp³-hybridized carbons (Fsp3) is 0.200. The van der Waals surface area contributed by atoms with Crippen molar-refractivity contribution in [3.63, 3.8) is 0 Å².